The molecule has 0 amide bonds. The Morgan fingerprint density at radius 2 is 2.00 bits per heavy atom. The van der Waals surface area contributed by atoms with Gasteiger partial charge in [-0.05, 0) is 25.5 Å². The van der Waals surface area contributed by atoms with Crippen LogP contribution in [-0.4, -0.2) is 5.16 Å². The lowest BCUT2D eigenvalue weighted by molar-refractivity contribution is 0.439. The molecule has 0 aliphatic carbocycles. The Morgan fingerprint density at radius 1 is 1.27 bits per heavy atom. The van der Waals surface area contributed by atoms with Crippen LogP contribution in [0.2, 0.25) is 0 Å². The van der Waals surface area contributed by atoms with Crippen molar-refractivity contribution in [3.63, 3.8) is 0 Å². The fraction of sp³-hybridized carbons (Fsp3) is 0.182. The Morgan fingerprint density at radius 3 is 2.60 bits per heavy atom. The third-order valence-electron chi connectivity index (χ3n) is 2.48. The summed E-state index contributed by atoms with van der Waals surface area (Å²) in [5, 5.41) is 3.97. The van der Waals surface area contributed by atoms with Gasteiger partial charge in [0.25, 0.3) is 0 Å². The summed E-state index contributed by atoms with van der Waals surface area (Å²) in [7, 11) is 0. The van der Waals surface area contributed by atoms with E-state index in [9.17, 15) is 0 Å². The SMILES string of the molecule is Cc1c(Br)cccc1-c1noc(N)c1C. The van der Waals surface area contributed by atoms with Crippen LogP contribution in [0.5, 0.6) is 0 Å². The molecule has 2 aromatic rings. The lowest BCUT2D eigenvalue weighted by Crippen LogP contribution is -1.88. The molecule has 1 heterocycles. The summed E-state index contributed by atoms with van der Waals surface area (Å²) in [6, 6.07) is 5.97. The van der Waals surface area contributed by atoms with Gasteiger partial charge in [0.1, 0.15) is 5.69 Å². The van der Waals surface area contributed by atoms with Crippen LogP contribution in [0.4, 0.5) is 5.88 Å². The highest BCUT2D eigenvalue weighted by atomic mass is 79.9. The molecular formula is C11H11BrN2O. The van der Waals surface area contributed by atoms with E-state index in [-0.39, 0.29) is 0 Å². The van der Waals surface area contributed by atoms with E-state index < -0.39 is 0 Å². The molecule has 0 aliphatic heterocycles. The summed E-state index contributed by atoms with van der Waals surface area (Å²) in [6.07, 6.45) is 0. The molecule has 0 spiro atoms. The number of nitrogens with zero attached hydrogens (tertiary/aromatic N) is 1. The minimum atomic E-state index is 0.379. The minimum absolute atomic E-state index is 0.379. The maximum absolute atomic E-state index is 5.63. The fourth-order valence-corrected chi connectivity index (χ4v) is 1.83. The van der Waals surface area contributed by atoms with Crippen molar-refractivity contribution in [2.24, 2.45) is 0 Å². The van der Waals surface area contributed by atoms with Gasteiger partial charge in [-0.25, -0.2) is 0 Å². The molecule has 2 N–H and O–H groups in total. The Bertz CT molecular complexity index is 505. The highest BCUT2D eigenvalue weighted by molar-refractivity contribution is 9.10. The third kappa shape index (κ3) is 1.65. The molecule has 0 aliphatic rings. The van der Waals surface area contributed by atoms with Crippen molar-refractivity contribution in [1.82, 2.24) is 5.16 Å². The zero-order valence-electron chi connectivity index (χ0n) is 8.54. The van der Waals surface area contributed by atoms with E-state index in [0.29, 0.717) is 5.88 Å². The first-order chi connectivity index (χ1) is 7.11. The number of nitrogen functional groups attached to an aromatic ring is 1. The van der Waals surface area contributed by atoms with Crippen LogP contribution in [0.25, 0.3) is 11.3 Å². The Labute approximate surface area is 96.4 Å². The molecule has 0 saturated carbocycles. The average molecular weight is 267 g/mol. The Balaban J connectivity index is 2.64. The van der Waals surface area contributed by atoms with Crippen molar-refractivity contribution < 1.29 is 4.52 Å². The molecule has 0 fully saturated rings. The van der Waals surface area contributed by atoms with Crippen molar-refractivity contribution in [1.29, 1.82) is 0 Å². The van der Waals surface area contributed by atoms with Gasteiger partial charge in [-0.2, -0.15) is 0 Å². The molecule has 0 radical (unpaired) electrons. The molecule has 3 nitrogen and oxygen atoms in total. The minimum Gasteiger partial charge on any atom is -0.367 e. The van der Waals surface area contributed by atoms with Gasteiger partial charge in [-0.3, -0.25) is 0 Å². The highest BCUT2D eigenvalue weighted by Gasteiger charge is 2.13. The molecule has 0 bridgehead atoms. The van der Waals surface area contributed by atoms with Crippen LogP contribution in [0, 0.1) is 13.8 Å². The quantitative estimate of drug-likeness (QED) is 0.862. The van der Waals surface area contributed by atoms with Crippen molar-refractivity contribution in [3.8, 4) is 11.3 Å². The van der Waals surface area contributed by atoms with Crippen LogP contribution in [0.3, 0.4) is 0 Å². The van der Waals surface area contributed by atoms with E-state index in [1.807, 2.05) is 32.0 Å². The van der Waals surface area contributed by atoms with Gasteiger partial charge >= 0.3 is 0 Å². The van der Waals surface area contributed by atoms with Crippen molar-refractivity contribution >= 4 is 21.8 Å². The van der Waals surface area contributed by atoms with Gasteiger partial charge < -0.3 is 10.3 Å². The van der Waals surface area contributed by atoms with Crippen LogP contribution in [0.15, 0.2) is 27.2 Å². The zero-order chi connectivity index (χ0) is 11.0. The average Bonchev–Trinajstić information content (AvgIpc) is 2.53. The van der Waals surface area contributed by atoms with Crippen LogP contribution in [0.1, 0.15) is 11.1 Å². The van der Waals surface area contributed by atoms with Crippen molar-refractivity contribution in [3.05, 3.63) is 33.8 Å². The molecule has 4 heteroatoms. The van der Waals surface area contributed by atoms with E-state index in [2.05, 4.69) is 21.1 Å². The summed E-state index contributed by atoms with van der Waals surface area (Å²) in [6.45, 7) is 3.94. The second kappa shape index (κ2) is 3.70. The summed E-state index contributed by atoms with van der Waals surface area (Å²) in [4.78, 5) is 0. The number of rotatable bonds is 1. The molecule has 78 valence electrons. The first kappa shape index (κ1) is 10.2. The number of benzene rings is 1. The number of nitrogens with two attached hydrogens (primary N) is 1. The number of anilines is 1. The molecule has 0 unspecified atom stereocenters. The van der Waals surface area contributed by atoms with Gasteiger partial charge in [0.05, 0.1) is 0 Å². The second-order valence-corrected chi connectivity index (χ2v) is 4.29. The second-order valence-electron chi connectivity index (χ2n) is 3.43. The number of halogens is 1. The predicted octanol–water partition coefficient (Wildman–Crippen LogP) is 3.30. The van der Waals surface area contributed by atoms with E-state index in [0.717, 1.165) is 26.9 Å². The molecule has 1 aromatic heterocycles. The predicted molar refractivity (Wildman–Crippen MR) is 63.5 cm³/mol. The topological polar surface area (TPSA) is 52.0 Å². The van der Waals surface area contributed by atoms with Crippen LogP contribution < -0.4 is 5.73 Å². The molecule has 0 saturated heterocycles. The summed E-state index contributed by atoms with van der Waals surface area (Å²) < 4.78 is 6.01. The summed E-state index contributed by atoms with van der Waals surface area (Å²) in [5.74, 6) is 0.379. The van der Waals surface area contributed by atoms with E-state index in [1.54, 1.807) is 0 Å². The van der Waals surface area contributed by atoms with Gasteiger partial charge in [0, 0.05) is 15.6 Å². The van der Waals surface area contributed by atoms with Crippen molar-refractivity contribution in [2.75, 3.05) is 5.73 Å². The van der Waals surface area contributed by atoms with E-state index in [1.165, 1.54) is 0 Å². The van der Waals surface area contributed by atoms with Gasteiger partial charge in [0.2, 0.25) is 5.88 Å². The zero-order valence-corrected chi connectivity index (χ0v) is 10.1. The van der Waals surface area contributed by atoms with E-state index >= 15 is 0 Å². The first-order valence-corrected chi connectivity index (χ1v) is 5.37. The lowest BCUT2D eigenvalue weighted by Gasteiger charge is -2.04. The van der Waals surface area contributed by atoms with Crippen LogP contribution >= 0.6 is 15.9 Å². The number of hydrogen-bond acceptors (Lipinski definition) is 3. The largest absolute Gasteiger partial charge is 0.367 e. The first-order valence-electron chi connectivity index (χ1n) is 4.58. The normalized spacial score (nSPS) is 10.6. The maximum Gasteiger partial charge on any atom is 0.225 e. The van der Waals surface area contributed by atoms with Crippen molar-refractivity contribution in [2.45, 2.75) is 13.8 Å². The molecular weight excluding hydrogens is 256 g/mol. The van der Waals surface area contributed by atoms with E-state index in [4.69, 9.17) is 10.3 Å². The standard InChI is InChI=1S/C11H11BrN2O/c1-6-8(4-3-5-9(6)12)10-7(2)11(13)15-14-10/h3-5H,13H2,1-2H3. The van der Waals surface area contributed by atoms with Gasteiger partial charge in [-0.1, -0.05) is 33.2 Å². The number of hydrogen-bond donors (Lipinski definition) is 1. The summed E-state index contributed by atoms with van der Waals surface area (Å²) in [5.41, 5.74) is 9.50. The third-order valence-corrected chi connectivity index (χ3v) is 3.34. The highest BCUT2D eigenvalue weighted by Crippen LogP contribution is 2.31. The van der Waals surface area contributed by atoms with Gasteiger partial charge in [-0.15, -0.1) is 0 Å². The van der Waals surface area contributed by atoms with Crippen LogP contribution in [-0.2, 0) is 0 Å². The monoisotopic (exact) mass is 266 g/mol. The Hall–Kier alpha value is -1.29. The summed E-state index contributed by atoms with van der Waals surface area (Å²) >= 11 is 3.49. The smallest absolute Gasteiger partial charge is 0.225 e. The Kier molecular flexibility index (Phi) is 2.52. The number of aromatic nitrogens is 1. The molecule has 0 atom stereocenters. The molecule has 15 heavy (non-hydrogen) atoms. The molecule has 1 aromatic carbocycles. The van der Waals surface area contributed by atoms with Gasteiger partial charge in [0.15, 0.2) is 0 Å². The fourth-order valence-electron chi connectivity index (χ4n) is 1.46. The lowest BCUT2D eigenvalue weighted by atomic mass is 10.0. The maximum atomic E-state index is 5.63. The molecule has 2 rings (SSSR count).